The normalized spacial score (nSPS) is 10.8. The van der Waals surface area contributed by atoms with Gasteiger partial charge in [-0.2, -0.15) is 0 Å². The molecule has 0 unspecified atom stereocenters. The Morgan fingerprint density at radius 3 is 2.74 bits per heavy atom. The lowest BCUT2D eigenvalue weighted by Crippen LogP contribution is -2.00. The maximum absolute atomic E-state index is 12.8. The van der Waals surface area contributed by atoms with E-state index in [9.17, 15) is 9.18 Å². The average molecular weight is 258 g/mol. The molecule has 0 aliphatic rings. The SMILES string of the molecule is O=C(O)c1ccc2nnc(-c3ccc(F)cn3)n2c1. The van der Waals surface area contributed by atoms with E-state index in [1.165, 1.54) is 28.8 Å². The highest BCUT2D eigenvalue weighted by Gasteiger charge is 2.11. The molecule has 0 fully saturated rings. The van der Waals surface area contributed by atoms with Gasteiger partial charge in [-0.15, -0.1) is 10.2 Å². The lowest BCUT2D eigenvalue weighted by molar-refractivity contribution is 0.0696. The van der Waals surface area contributed by atoms with Crippen molar-refractivity contribution in [2.45, 2.75) is 0 Å². The average Bonchev–Trinajstić information content (AvgIpc) is 2.82. The standard InChI is InChI=1S/C12H7FN4O2/c13-8-2-3-9(14-5-8)11-16-15-10-4-1-7(12(18)19)6-17(10)11/h1-6H,(H,18,19). The maximum Gasteiger partial charge on any atom is 0.337 e. The molecule has 0 aliphatic carbocycles. The molecule has 0 radical (unpaired) electrons. The summed E-state index contributed by atoms with van der Waals surface area (Å²) in [5, 5.41) is 16.8. The summed E-state index contributed by atoms with van der Waals surface area (Å²) in [7, 11) is 0. The summed E-state index contributed by atoms with van der Waals surface area (Å²) in [4.78, 5) is 14.8. The lowest BCUT2D eigenvalue weighted by Gasteiger charge is -2.00. The third-order valence-electron chi connectivity index (χ3n) is 2.61. The Bertz CT molecular complexity index is 767. The van der Waals surface area contributed by atoms with Crippen LogP contribution >= 0.6 is 0 Å². The molecule has 0 saturated heterocycles. The maximum atomic E-state index is 12.8. The monoisotopic (exact) mass is 258 g/mol. The third kappa shape index (κ3) is 1.90. The van der Waals surface area contributed by atoms with Gasteiger partial charge in [0.2, 0.25) is 0 Å². The van der Waals surface area contributed by atoms with Gasteiger partial charge in [0.25, 0.3) is 0 Å². The summed E-state index contributed by atoms with van der Waals surface area (Å²) in [5.74, 6) is -1.14. The Morgan fingerprint density at radius 2 is 2.05 bits per heavy atom. The van der Waals surface area contributed by atoms with Gasteiger partial charge in [-0.3, -0.25) is 4.40 Å². The van der Waals surface area contributed by atoms with Crippen molar-refractivity contribution in [2.24, 2.45) is 0 Å². The van der Waals surface area contributed by atoms with E-state index in [-0.39, 0.29) is 5.56 Å². The zero-order valence-electron chi connectivity index (χ0n) is 9.49. The van der Waals surface area contributed by atoms with Gasteiger partial charge in [0.1, 0.15) is 11.5 Å². The molecule has 0 aromatic carbocycles. The van der Waals surface area contributed by atoms with Crippen LogP contribution in [-0.2, 0) is 0 Å². The number of nitrogens with zero attached hydrogens (tertiary/aromatic N) is 4. The van der Waals surface area contributed by atoms with E-state index in [2.05, 4.69) is 15.2 Å². The molecule has 19 heavy (non-hydrogen) atoms. The number of pyridine rings is 2. The summed E-state index contributed by atoms with van der Waals surface area (Å²) in [6.45, 7) is 0. The second-order valence-electron chi connectivity index (χ2n) is 3.84. The van der Waals surface area contributed by atoms with Crippen LogP contribution < -0.4 is 0 Å². The van der Waals surface area contributed by atoms with Crippen LogP contribution in [-0.4, -0.2) is 30.7 Å². The van der Waals surface area contributed by atoms with Crippen LogP contribution in [0.3, 0.4) is 0 Å². The third-order valence-corrected chi connectivity index (χ3v) is 2.61. The van der Waals surface area contributed by atoms with Crippen molar-refractivity contribution >= 4 is 11.6 Å². The van der Waals surface area contributed by atoms with Gasteiger partial charge in [-0.1, -0.05) is 0 Å². The number of hydrogen-bond acceptors (Lipinski definition) is 4. The van der Waals surface area contributed by atoms with E-state index in [0.29, 0.717) is 17.2 Å². The topological polar surface area (TPSA) is 80.4 Å². The van der Waals surface area contributed by atoms with E-state index in [4.69, 9.17) is 5.11 Å². The first-order chi connectivity index (χ1) is 9.15. The highest BCUT2D eigenvalue weighted by Crippen LogP contribution is 2.17. The first-order valence-corrected chi connectivity index (χ1v) is 5.35. The Kier molecular flexibility index (Phi) is 2.45. The van der Waals surface area contributed by atoms with Crippen LogP contribution in [0.2, 0.25) is 0 Å². The minimum absolute atomic E-state index is 0.107. The molecule has 0 amide bonds. The second-order valence-corrected chi connectivity index (χ2v) is 3.84. The first-order valence-electron chi connectivity index (χ1n) is 5.35. The molecular weight excluding hydrogens is 251 g/mol. The van der Waals surface area contributed by atoms with Crippen molar-refractivity contribution < 1.29 is 14.3 Å². The van der Waals surface area contributed by atoms with E-state index in [1.54, 1.807) is 6.07 Å². The highest BCUT2D eigenvalue weighted by atomic mass is 19.1. The number of aromatic nitrogens is 4. The summed E-state index contributed by atoms with van der Waals surface area (Å²) < 4.78 is 14.3. The first kappa shape index (κ1) is 11.3. The number of aromatic carboxylic acids is 1. The quantitative estimate of drug-likeness (QED) is 0.755. The fraction of sp³-hybridized carbons (Fsp3) is 0. The van der Waals surface area contributed by atoms with E-state index < -0.39 is 11.8 Å². The predicted molar refractivity (Wildman–Crippen MR) is 63.1 cm³/mol. The van der Waals surface area contributed by atoms with Gasteiger partial charge in [0, 0.05) is 6.20 Å². The predicted octanol–water partition coefficient (Wildman–Crippen LogP) is 1.63. The number of carbonyl (C=O) groups is 1. The molecule has 7 heteroatoms. The van der Waals surface area contributed by atoms with Crippen molar-refractivity contribution in [3.8, 4) is 11.5 Å². The Labute approximate surface area is 106 Å². The van der Waals surface area contributed by atoms with Crippen LogP contribution in [0.25, 0.3) is 17.2 Å². The second kappa shape index (κ2) is 4.13. The van der Waals surface area contributed by atoms with Gasteiger partial charge in [0.05, 0.1) is 11.8 Å². The zero-order valence-corrected chi connectivity index (χ0v) is 9.49. The summed E-state index contributed by atoms with van der Waals surface area (Å²) in [6.07, 6.45) is 2.47. The number of rotatable bonds is 2. The van der Waals surface area contributed by atoms with Crippen molar-refractivity contribution in [3.05, 3.63) is 48.0 Å². The zero-order chi connectivity index (χ0) is 13.4. The van der Waals surface area contributed by atoms with Crippen LogP contribution in [0.1, 0.15) is 10.4 Å². The molecule has 3 heterocycles. The fourth-order valence-electron chi connectivity index (χ4n) is 1.70. The molecule has 3 rings (SSSR count). The summed E-state index contributed by atoms with van der Waals surface area (Å²) in [5.41, 5.74) is 1.01. The summed E-state index contributed by atoms with van der Waals surface area (Å²) >= 11 is 0. The fourth-order valence-corrected chi connectivity index (χ4v) is 1.70. The molecule has 1 N–H and O–H groups in total. The number of fused-ring (bicyclic) bond motifs is 1. The van der Waals surface area contributed by atoms with Crippen LogP contribution in [0.15, 0.2) is 36.7 Å². The van der Waals surface area contributed by atoms with E-state index in [0.717, 1.165) is 6.20 Å². The molecule has 6 nitrogen and oxygen atoms in total. The highest BCUT2D eigenvalue weighted by molar-refractivity contribution is 5.87. The number of halogens is 1. The largest absolute Gasteiger partial charge is 0.478 e. The van der Waals surface area contributed by atoms with Crippen LogP contribution in [0.5, 0.6) is 0 Å². The van der Waals surface area contributed by atoms with Crippen LogP contribution in [0, 0.1) is 5.82 Å². The number of hydrogen-bond donors (Lipinski definition) is 1. The Morgan fingerprint density at radius 1 is 1.21 bits per heavy atom. The van der Waals surface area contributed by atoms with Crippen molar-refractivity contribution in [1.82, 2.24) is 19.6 Å². The Hall–Kier alpha value is -2.83. The minimum Gasteiger partial charge on any atom is -0.478 e. The Balaban J connectivity index is 2.21. The minimum atomic E-state index is -1.05. The van der Waals surface area contributed by atoms with Gasteiger partial charge in [0.15, 0.2) is 11.5 Å². The molecule has 94 valence electrons. The summed E-state index contributed by atoms with van der Waals surface area (Å²) in [6, 6.07) is 5.70. The molecule has 3 aromatic heterocycles. The number of carboxylic acid groups (broad SMARTS) is 1. The van der Waals surface area contributed by atoms with Gasteiger partial charge < -0.3 is 5.11 Å². The van der Waals surface area contributed by atoms with Crippen LogP contribution in [0.4, 0.5) is 4.39 Å². The van der Waals surface area contributed by atoms with Gasteiger partial charge >= 0.3 is 5.97 Å². The number of carboxylic acids is 1. The van der Waals surface area contributed by atoms with E-state index >= 15 is 0 Å². The van der Waals surface area contributed by atoms with E-state index in [1.807, 2.05) is 0 Å². The van der Waals surface area contributed by atoms with Gasteiger partial charge in [-0.25, -0.2) is 14.2 Å². The molecule has 3 aromatic rings. The van der Waals surface area contributed by atoms with Gasteiger partial charge in [-0.05, 0) is 24.3 Å². The molecular formula is C12H7FN4O2. The lowest BCUT2D eigenvalue weighted by atomic mass is 10.3. The molecule has 0 aliphatic heterocycles. The molecule has 0 saturated carbocycles. The van der Waals surface area contributed by atoms with Crippen molar-refractivity contribution in [1.29, 1.82) is 0 Å². The van der Waals surface area contributed by atoms with Crippen molar-refractivity contribution in [3.63, 3.8) is 0 Å². The smallest absolute Gasteiger partial charge is 0.337 e. The molecule has 0 bridgehead atoms. The van der Waals surface area contributed by atoms with Crippen molar-refractivity contribution in [2.75, 3.05) is 0 Å². The molecule has 0 spiro atoms. The molecule has 0 atom stereocenters.